The van der Waals surface area contributed by atoms with Crippen LogP contribution in [0.1, 0.15) is 11.5 Å². The third-order valence-electron chi connectivity index (χ3n) is 2.84. The van der Waals surface area contributed by atoms with Crippen LogP contribution >= 0.6 is 11.8 Å². The predicted molar refractivity (Wildman–Crippen MR) is 81.2 cm³/mol. The summed E-state index contributed by atoms with van der Waals surface area (Å²) in [5, 5.41) is 0. The van der Waals surface area contributed by atoms with Gasteiger partial charge in [0.2, 0.25) is 5.89 Å². The number of aromatic nitrogens is 1. The highest BCUT2D eigenvalue weighted by Crippen LogP contribution is 2.18. The highest BCUT2D eigenvalue weighted by atomic mass is 32.2. The highest BCUT2D eigenvalue weighted by molar-refractivity contribution is 7.98. The van der Waals surface area contributed by atoms with Gasteiger partial charge in [-0.25, -0.2) is 4.98 Å². The van der Waals surface area contributed by atoms with E-state index in [9.17, 15) is 0 Å². The van der Waals surface area contributed by atoms with Crippen LogP contribution in [0.5, 0.6) is 0 Å². The van der Waals surface area contributed by atoms with Crippen LogP contribution in [0.15, 0.2) is 57.8 Å². The molecule has 0 fully saturated rings. The number of hydrogen-bond acceptors (Lipinski definition) is 3. The van der Waals surface area contributed by atoms with Crippen LogP contribution < -0.4 is 0 Å². The molecule has 0 aliphatic rings. The third-order valence-corrected chi connectivity index (χ3v) is 3.59. The quantitative estimate of drug-likeness (QED) is 0.642. The normalized spacial score (nSPS) is 11.4. The van der Waals surface area contributed by atoms with E-state index in [1.807, 2.05) is 36.4 Å². The summed E-state index contributed by atoms with van der Waals surface area (Å²) in [7, 11) is 0. The summed E-state index contributed by atoms with van der Waals surface area (Å²) < 4.78 is 5.63. The lowest BCUT2D eigenvalue weighted by Crippen LogP contribution is -1.74. The fourth-order valence-corrected chi connectivity index (χ4v) is 2.25. The van der Waals surface area contributed by atoms with Gasteiger partial charge in [-0.1, -0.05) is 24.3 Å². The maximum Gasteiger partial charge on any atom is 0.220 e. The van der Waals surface area contributed by atoms with Gasteiger partial charge < -0.3 is 4.42 Å². The Morgan fingerprint density at radius 1 is 1.00 bits per heavy atom. The Morgan fingerprint density at radius 3 is 2.53 bits per heavy atom. The lowest BCUT2D eigenvalue weighted by Gasteiger charge is -1.96. The van der Waals surface area contributed by atoms with E-state index in [1.54, 1.807) is 11.8 Å². The van der Waals surface area contributed by atoms with Crippen molar-refractivity contribution >= 4 is 35.0 Å². The van der Waals surface area contributed by atoms with E-state index in [0.29, 0.717) is 5.89 Å². The molecule has 1 heterocycles. The van der Waals surface area contributed by atoms with Crippen LogP contribution in [-0.4, -0.2) is 11.2 Å². The van der Waals surface area contributed by atoms with E-state index < -0.39 is 0 Å². The van der Waals surface area contributed by atoms with Gasteiger partial charge in [0, 0.05) is 11.0 Å². The molecule has 0 aliphatic heterocycles. The van der Waals surface area contributed by atoms with Gasteiger partial charge in [0.05, 0.1) is 0 Å². The SMILES string of the molecule is CSc1ccc(/C=C/c2nc3ccccc3o2)cc1. The molecule has 1 aromatic heterocycles. The van der Waals surface area contributed by atoms with E-state index in [-0.39, 0.29) is 0 Å². The number of fused-ring (bicyclic) bond motifs is 1. The van der Waals surface area contributed by atoms with Crippen LogP contribution in [0.3, 0.4) is 0 Å². The molecule has 2 aromatic carbocycles. The Bertz CT molecular complexity index is 680. The number of thioether (sulfide) groups is 1. The topological polar surface area (TPSA) is 26.0 Å². The Balaban J connectivity index is 1.84. The molecule has 0 bridgehead atoms. The number of hydrogen-bond donors (Lipinski definition) is 0. The van der Waals surface area contributed by atoms with Crippen molar-refractivity contribution in [1.82, 2.24) is 4.98 Å². The number of oxazole rings is 1. The Kier molecular flexibility index (Phi) is 3.38. The Morgan fingerprint density at radius 2 is 1.79 bits per heavy atom. The van der Waals surface area contributed by atoms with E-state index in [0.717, 1.165) is 16.7 Å². The summed E-state index contributed by atoms with van der Waals surface area (Å²) in [6.07, 6.45) is 5.98. The van der Waals surface area contributed by atoms with Gasteiger partial charge in [0.25, 0.3) is 0 Å². The first-order valence-corrected chi connectivity index (χ1v) is 7.25. The molecule has 0 radical (unpaired) electrons. The Labute approximate surface area is 116 Å². The van der Waals surface area contributed by atoms with Gasteiger partial charge in [-0.3, -0.25) is 0 Å². The van der Waals surface area contributed by atoms with Crippen LogP contribution in [-0.2, 0) is 0 Å². The van der Waals surface area contributed by atoms with Crippen molar-refractivity contribution in [3.63, 3.8) is 0 Å². The zero-order valence-electron chi connectivity index (χ0n) is 10.5. The van der Waals surface area contributed by atoms with Crippen LogP contribution in [0.2, 0.25) is 0 Å². The van der Waals surface area contributed by atoms with Gasteiger partial charge in [0.1, 0.15) is 5.52 Å². The van der Waals surface area contributed by atoms with Gasteiger partial charge in [0.15, 0.2) is 5.58 Å². The molecule has 3 rings (SSSR count). The monoisotopic (exact) mass is 267 g/mol. The molecule has 0 unspecified atom stereocenters. The van der Waals surface area contributed by atoms with E-state index in [2.05, 4.69) is 35.5 Å². The van der Waals surface area contributed by atoms with Crippen molar-refractivity contribution in [3.8, 4) is 0 Å². The van der Waals surface area contributed by atoms with Crippen LogP contribution in [0, 0.1) is 0 Å². The number of para-hydroxylation sites is 2. The summed E-state index contributed by atoms with van der Waals surface area (Å²) >= 11 is 1.74. The van der Waals surface area contributed by atoms with Crippen molar-refractivity contribution < 1.29 is 4.42 Å². The number of benzene rings is 2. The summed E-state index contributed by atoms with van der Waals surface area (Å²) in [6, 6.07) is 16.2. The minimum absolute atomic E-state index is 0.634. The first-order valence-electron chi connectivity index (χ1n) is 6.03. The predicted octanol–water partition coefficient (Wildman–Crippen LogP) is 4.72. The highest BCUT2D eigenvalue weighted by Gasteiger charge is 2.00. The lowest BCUT2D eigenvalue weighted by atomic mass is 10.2. The summed E-state index contributed by atoms with van der Waals surface area (Å²) in [4.78, 5) is 5.67. The average Bonchev–Trinajstić information content (AvgIpc) is 2.88. The maximum atomic E-state index is 5.63. The standard InChI is InChI=1S/C16H13NOS/c1-19-13-9-6-12(7-10-13)8-11-16-17-14-4-2-3-5-15(14)18-16/h2-11H,1H3/b11-8+. The molecule has 3 heteroatoms. The molecule has 0 spiro atoms. The van der Waals surface area contributed by atoms with Gasteiger partial charge >= 0.3 is 0 Å². The molecular weight excluding hydrogens is 254 g/mol. The molecule has 3 aromatic rings. The van der Waals surface area contributed by atoms with Crippen LogP contribution in [0.25, 0.3) is 23.3 Å². The van der Waals surface area contributed by atoms with Crippen molar-refractivity contribution in [2.24, 2.45) is 0 Å². The number of nitrogens with zero attached hydrogens (tertiary/aromatic N) is 1. The lowest BCUT2D eigenvalue weighted by molar-refractivity contribution is 0.590. The van der Waals surface area contributed by atoms with Crippen molar-refractivity contribution in [2.75, 3.05) is 6.26 Å². The molecule has 0 saturated carbocycles. The fraction of sp³-hybridized carbons (Fsp3) is 0.0625. The summed E-state index contributed by atoms with van der Waals surface area (Å²) in [6.45, 7) is 0. The Hall–Kier alpha value is -2.00. The maximum absolute atomic E-state index is 5.63. The molecule has 19 heavy (non-hydrogen) atoms. The second kappa shape index (κ2) is 5.33. The minimum Gasteiger partial charge on any atom is -0.437 e. The van der Waals surface area contributed by atoms with Crippen LogP contribution in [0.4, 0.5) is 0 Å². The second-order valence-electron chi connectivity index (χ2n) is 4.13. The van der Waals surface area contributed by atoms with E-state index >= 15 is 0 Å². The summed E-state index contributed by atoms with van der Waals surface area (Å²) in [5.74, 6) is 0.634. The molecule has 94 valence electrons. The van der Waals surface area contributed by atoms with Crippen molar-refractivity contribution in [2.45, 2.75) is 4.90 Å². The largest absolute Gasteiger partial charge is 0.437 e. The zero-order chi connectivity index (χ0) is 13.1. The molecule has 2 nitrogen and oxygen atoms in total. The zero-order valence-corrected chi connectivity index (χ0v) is 11.4. The first kappa shape index (κ1) is 12.1. The molecule has 0 atom stereocenters. The first-order chi connectivity index (χ1) is 9.35. The molecule has 0 amide bonds. The second-order valence-corrected chi connectivity index (χ2v) is 5.01. The molecule has 0 aliphatic carbocycles. The van der Waals surface area contributed by atoms with E-state index in [1.165, 1.54) is 4.90 Å². The van der Waals surface area contributed by atoms with E-state index in [4.69, 9.17) is 4.42 Å². The van der Waals surface area contributed by atoms with Gasteiger partial charge in [-0.15, -0.1) is 11.8 Å². The van der Waals surface area contributed by atoms with Gasteiger partial charge in [-0.05, 0) is 42.2 Å². The third kappa shape index (κ3) is 2.71. The fourth-order valence-electron chi connectivity index (χ4n) is 1.84. The molecular formula is C16H13NOS. The summed E-state index contributed by atoms with van der Waals surface area (Å²) in [5.41, 5.74) is 2.85. The molecule has 0 saturated heterocycles. The number of rotatable bonds is 3. The molecule has 0 N–H and O–H groups in total. The minimum atomic E-state index is 0.634. The van der Waals surface area contributed by atoms with Crippen molar-refractivity contribution in [3.05, 3.63) is 60.0 Å². The average molecular weight is 267 g/mol. The van der Waals surface area contributed by atoms with Crippen molar-refractivity contribution in [1.29, 1.82) is 0 Å². The van der Waals surface area contributed by atoms with Gasteiger partial charge in [-0.2, -0.15) is 0 Å². The smallest absolute Gasteiger partial charge is 0.220 e.